The summed E-state index contributed by atoms with van der Waals surface area (Å²) in [5.74, 6) is -0.761. The van der Waals surface area contributed by atoms with Gasteiger partial charge in [0.2, 0.25) is 0 Å². The second-order valence-corrected chi connectivity index (χ2v) is 7.18. The number of carbonyl (C=O) groups is 2. The van der Waals surface area contributed by atoms with E-state index in [0.29, 0.717) is 17.0 Å². The number of nitrogens with zero attached hydrogens (tertiary/aromatic N) is 3. The Hall–Kier alpha value is -3.79. The lowest BCUT2D eigenvalue weighted by Crippen LogP contribution is -2.53. The molecule has 0 atom stereocenters. The van der Waals surface area contributed by atoms with E-state index in [9.17, 15) is 19.7 Å². The molecule has 0 unspecified atom stereocenters. The Morgan fingerprint density at radius 1 is 1.29 bits per heavy atom. The maximum Gasteiger partial charge on any atom is 0.273 e. The van der Waals surface area contributed by atoms with Crippen molar-refractivity contribution in [3.8, 4) is 11.4 Å². The molecule has 9 nitrogen and oxygen atoms in total. The molecule has 1 saturated heterocycles. The molecule has 10 heteroatoms. The minimum Gasteiger partial charge on any atom is -0.494 e. The van der Waals surface area contributed by atoms with Crippen LogP contribution in [0.2, 0.25) is 0 Å². The minimum absolute atomic E-state index is 0.0353. The van der Waals surface area contributed by atoms with Gasteiger partial charge in [-0.05, 0) is 49.8 Å². The van der Waals surface area contributed by atoms with Gasteiger partial charge in [-0.15, -0.1) is 6.58 Å². The third-order valence-electron chi connectivity index (χ3n) is 4.88. The predicted molar refractivity (Wildman–Crippen MR) is 119 cm³/mol. The van der Waals surface area contributed by atoms with Crippen LogP contribution in [-0.2, 0) is 9.59 Å². The predicted octanol–water partition coefficient (Wildman–Crippen LogP) is 2.82. The van der Waals surface area contributed by atoms with Crippen LogP contribution in [0.5, 0.6) is 5.75 Å². The second-order valence-electron chi connectivity index (χ2n) is 6.80. The van der Waals surface area contributed by atoms with Gasteiger partial charge in [0.25, 0.3) is 17.5 Å². The van der Waals surface area contributed by atoms with Crippen molar-refractivity contribution in [1.82, 2.24) is 14.8 Å². The fourth-order valence-corrected chi connectivity index (χ4v) is 3.66. The molecular weight excluding hydrogens is 420 g/mol. The summed E-state index contributed by atoms with van der Waals surface area (Å²) in [5, 5.41) is 13.6. The van der Waals surface area contributed by atoms with Crippen molar-refractivity contribution < 1.29 is 19.2 Å². The van der Waals surface area contributed by atoms with E-state index < -0.39 is 16.7 Å². The molecule has 3 rings (SSSR count). The third kappa shape index (κ3) is 3.97. The maximum absolute atomic E-state index is 12.8. The Kier molecular flexibility index (Phi) is 6.02. The number of aryl methyl sites for hydroxylation is 1. The molecule has 1 aromatic heterocycles. The Morgan fingerprint density at radius 2 is 2.00 bits per heavy atom. The lowest BCUT2D eigenvalue weighted by atomic mass is 10.1. The van der Waals surface area contributed by atoms with E-state index in [4.69, 9.17) is 17.0 Å². The first-order valence-corrected chi connectivity index (χ1v) is 9.62. The number of ether oxygens (including phenoxy) is 1. The summed E-state index contributed by atoms with van der Waals surface area (Å²) in [7, 11) is 1.43. The number of carbonyl (C=O) groups excluding carboxylic acids is 2. The van der Waals surface area contributed by atoms with Crippen molar-refractivity contribution in [2.24, 2.45) is 0 Å². The Labute approximate surface area is 183 Å². The number of nitro benzene ring substituents is 1. The lowest BCUT2D eigenvalue weighted by molar-refractivity contribution is -0.384. The van der Waals surface area contributed by atoms with Crippen LogP contribution < -0.4 is 10.1 Å². The van der Waals surface area contributed by atoms with Gasteiger partial charge in [-0.3, -0.25) is 29.9 Å². The SMILES string of the molecule is C=CCN1C(=O)/C(=C/c2cc(C)n(-c3ccc([N+](=O)[O-])cc3OC)c2C)C(=O)NC1=S. The number of thiocarbonyl (C=S) groups is 1. The van der Waals surface area contributed by atoms with Crippen molar-refractivity contribution >= 4 is 40.9 Å². The van der Waals surface area contributed by atoms with Gasteiger partial charge >= 0.3 is 0 Å². The van der Waals surface area contributed by atoms with Crippen molar-refractivity contribution in [3.05, 3.63) is 69.6 Å². The summed E-state index contributed by atoms with van der Waals surface area (Å²) < 4.78 is 7.20. The molecule has 0 spiro atoms. The fraction of sp³-hybridized carbons (Fsp3) is 0.190. The van der Waals surface area contributed by atoms with Gasteiger partial charge in [0, 0.05) is 24.0 Å². The molecular formula is C21H20N4O5S. The molecule has 0 bridgehead atoms. The summed E-state index contributed by atoms with van der Waals surface area (Å²) in [5.41, 5.74) is 2.61. The number of hydrogen-bond acceptors (Lipinski definition) is 6. The number of rotatable bonds is 6. The maximum atomic E-state index is 12.8. The average molecular weight is 440 g/mol. The molecule has 160 valence electrons. The van der Waals surface area contributed by atoms with Crippen LogP contribution >= 0.6 is 12.2 Å². The normalized spacial score (nSPS) is 15.3. The molecule has 1 aromatic carbocycles. The summed E-state index contributed by atoms with van der Waals surface area (Å²) in [4.78, 5) is 37.0. The summed E-state index contributed by atoms with van der Waals surface area (Å²) in [6.07, 6.45) is 3.03. The minimum atomic E-state index is -0.576. The summed E-state index contributed by atoms with van der Waals surface area (Å²) >= 11 is 5.07. The van der Waals surface area contributed by atoms with E-state index in [1.165, 1.54) is 36.3 Å². The molecule has 2 aromatic rings. The van der Waals surface area contributed by atoms with Gasteiger partial charge < -0.3 is 9.30 Å². The van der Waals surface area contributed by atoms with Crippen molar-refractivity contribution in [1.29, 1.82) is 0 Å². The monoisotopic (exact) mass is 440 g/mol. The highest BCUT2D eigenvalue weighted by Gasteiger charge is 2.33. The van der Waals surface area contributed by atoms with Gasteiger partial charge in [-0.2, -0.15) is 0 Å². The van der Waals surface area contributed by atoms with Crippen LogP contribution in [0.4, 0.5) is 5.69 Å². The van der Waals surface area contributed by atoms with E-state index in [2.05, 4.69) is 11.9 Å². The quantitative estimate of drug-likeness (QED) is 0.185. The third-order valence-corrected chi connectivity index (χ3v) is 5.21. The molecule has 1 fully saturated rings. The van der Waals surface area contributed by atoms with Crippen LogP contribution in [0.15, 0.2) is 42.5 Å². The lowest BCUT2D eigenvalue weighted by Gasteiger charge is -2.27. The summed E-state index contributed by atoms with van der Waals surface area (Å²) in [6.45, 7) is 7.44. The zero-order chi connectivity index (χ0) is 22.9. The first kappa shape index (κ1) is 21.9. The molecule has 0 aliphatic carbocycles. The number of nitro groups is 1. The molecule has 1 N–H and O–H groups in total. The number of non-ortho nitro benzene ring substituents is 1. The molecule has 1 aliphatic heterocycles. The van der Waals surface area contributed by atoms with Crippen LogP contribution in [-0.4, -0.2) is 45.0 Å². The highest BCUT2D eigenvalue weighted by Crippen LogP contribution is 2.32. The van der Waals surface area contributed by atoms with Gasteiger partial charge in [0.15, 0.2) is 5.11 Å². The van der Waals surface area contributed by atoms with Gasteiger partial charge in [0.1, 0.15) is 11.3 Å². The number of hydrogen-bond donors (Lipinski definition) is 1. The first-order valence-electron chi connectivity index (χ1n) is 9.21. The number of benzene rings is 1. The van der Waals surface area contributed by atoms with Gasteiger partial charge in [-0.1, -0.05) is 6.08 Å². The van der Waals surface area contributed by atoms with Crippen LogP contribution in [0.1, 0.15) is 17.0 Å². The number of methoxy groups -OCH3 is 1. The molecule has 1 aliphatic rings. The van der Waals surface area contributed by atoms with Crippen molar-refractivity contribution in [2.45, 2.75) is 13.8 Å². The molecule has 0 radical (unpaired) electrons. The van der Waals surface area contributed by atoms with E-state index in [-0.39, 0.29) is 22.9 Å². The number of amides is 2. The number of nitrogens with one attached hydrogen (secondary N) is 1. The fourth-order valence-electron chi connectivity index (χ4n) is 3.41. The topological polar surface area (TPSA) is 107 Å². The summed E-state index contributed by atoms with van der Waals surface area (Å²) in [6, 6.07) is 6.14. The van der Waals surface area contributed by atoms with Crippen LogP contribution in [0.25, 0.3) is 11.8 Å². The smallest absolute Gasteiger partial charge is 0.273 e. The molecule has 31 heavy (non-hydrogen) atoms. The zero-order valence-corrected chi connectivity index (χ0v) is 18.0. The Bertz CT molecular complexity index is 1160. The van der Waals surface area contributed by atoms with E-state index in [1.54, 1.807) is 6.07 Å². The van der Waals surface area contributed by atoms with Gasteiger partial charge in [0.05, 0.1) is 23.8 Å². The van der Waals surface area contributed by atoms with E-state index in [1.807, 2.05) is 24.5 Å². The largest absolute Gasteiger partial charge is 0.494 e. The average Bonchev–Trinajstić information content (AvgIpc) is 3.00. The van der Waals surface area contributed by atoms with Gasteiger partial charge in [-0.25, -0.2) is 0 Å². The molecule has 0 saturated carbocycles. The highest BCUT2D eigenvalue weighted by atomic mass is 32.1. The van der Waals surface area contributed by atoms with E-state index >= 15 is 0 Å². The van der Waals surface area contributed by atoms with Crippen molar-refractivity contribution in [2.75, 3.05) is 13.7 Å². The van der Waals surface area contributed by atoms with E-state index in [0.717, 1.165) is 11.4 Å². The first-order chi connectivity index (χ1) is 14.7. The Morgan fingerprint density at radius 3 is 2.61 bits per heavy atom. The van der Waals surface area contributed by atoms with Crippen LogP contribution in [0.3, 0.4) is 0 Å². The highest BCUT2D eigenvalue weighted by molar-refractivity contribution is 7.80. The standard InChI is InChI=1S/C21H20N4O5S/c1-5-8-23-20(27)16(19(26)22-21(23)31)10-14-9-12(2)24(13(14)3)17-7-6-15(25(28)29)11-18(17)30-4/h5-7,9-11H,1,8H2,2-4H3,(H,22,26,31)/b16-10+. The second kappa shape index (κ2) is 8.52. The zero-order valence-electron chi connectivity index (χ0n) is 17.2. The van der Waals surface area contributed by atoms with Crippen LogP contribution in [0, 0.1) is 24.0 Å². The Balaban J connectivity index is 2.09. The molecule has 2 amide bonds. The van der Waals surface area contributed by atoms with Crippen molar-refractivity contribution in [3.63, 3.8) is 0 Å². The number of aromatic nitrogens is 1. The molecule has 2 heterocycles.